The highest BCUT2D eigenvalue weighted by Gasteiger charge is 2.45. The van der Waals surface area contributed by atoms with Crippen molar-refractivity contribution in [3.8, 4) is 0 Å². The maximum atomic E-state index is 9.78. The molecule has 0 aromatic carbocycles. The van der Waals surface area contributed by atoms with Crippen molar-refractivity contribution >= 4 is 0 Å². The molecule has 16 heavy (non-hydrogen) atoms. The quantitative estimate of drug-likeness (QED) is 0.415. The van der Waals surface area contributed by atoms with Gasteiger partial charge in [0.1, 0.15) is 24.4 Å². The minimum absolute atomic E-state index is 0.202. The largest absolute Gasteiger partial charge is 0.394 e. The van der Waals surface area contributed by atoms with Crippen molar-refractivity contribution in [3.63, 3.8) is 0 Å². The molecule has 0 aromatic rings. The van der Waals surface area contributed by atoms with Crippen LogP contribution in [-0.4, -0.2) is 72.9 Å². The summed E-state index contributed by atoms with van der Waals surface area (Å²) in [5.41, 5.74) is 5.27. The second-order valence-corrected chi connectivity index (χ2v) is 3.57. The van der Waals surface area contributed by atoms with Gasteiger partial charge in [-0.05, 0) is 0 Å². The molecule has 0 radical (unpaired) electrons. The molecule has 1 fully saturated rings. The third-order valence-corrected chi connectivity index (χ3v) is 2.48. The molecule has 0 aromatic heterocycles. The van der Waals surface area contributed by atoms with E-state index < -0.39 is 30.7 Å². The van der Waals surface area contributed by atoms with Crippen molar-refractivity contribution in [2.45, 2.75) is 30.7 Å². The van der Waals surface area contributed by atoms with Crippen molar-refractivity contribution in [1.82, 2.24) is 0 Å². The topological polar surface area (TPSA) is 114 Å². The first-order valence-corrected chi connectivity index (χ1v) is 5.12. The highest BCUT2D eigenvalue weighted by Crippen LogP contribution is 2.23. The number of nitrogens with two attached hydrogens (primary N) is 1. The lowest BCUT2D eigenvalue weighted by molar-refractivity contribution is -0.301. The Morgan fingerprint density at radius 3 is 2.50 bits per heavy atom. The predicted octanol–water partition coefficient (Wildman–Crippen LogP) is -2.58. The van der Waals surface area contributed by atoms with E-state index in [1.807, 2.05) is 0 Å². The third-order valence-electron chi connectivity index (χ3n) is 2.48. The van der Waals surface area contributed by atoms with Crippen LogP contribution in [0.4, 0.5) is 0 Å². The third kappa shape index (κ3) is 2.89. The summed E-state index contributed by atoms with van der Waals surface area (Å²) in [4.78, 5) is 0. The maximum Gasteiger partial charge on any atom is 0.186 e. The van der Waals surface area contributed by atoms with Gasteiger partial charge >= 0.3 is 0 Å². The molecule has 0 amide bonds. The second kappa shape index (κ2) is 6.45. The Labute approximate surface area is 93.7 Å². The summed E-state index contributed by atoms with van der Waals surface area (Å²) in [5.74, 6) is 0. The van der Waals surface area contributed by atoms with Gasteiger partial charge in [0.15, 0.2) is 6.29 Å². The minimum Gasteiger partial charge on any atom is -0.394 e. The molecule has 1 saturated heterocycles. The monoisotopic (exact) mass is 237 g/mol. The Kier molecular flexibility index (Phi) is 5.56. The van der Waals surface area contributed by atoms with E-state index in [-0.39, 0.29) is 19.8 Å². The molecule has 0 aliphatic carbocycles. The fraction of sp³-hybridized carbons (Fsp3) is 1.00. The Morgan fingerprint density at radius 2 is 2.00 bits per heavy atom. The van der Waals surface area contributed by atoms with E-state index in [0.717, 1.165) is 0 Å². The summed E-state index contributed by atoms with van der Waals surface area (Å²) >= 11 is 0. The lowest BCUT2D eigenvalue weighted by atomic mass is 9.99. The lowest BCUT2D eigenvalue weighted by Crippen LogP contribution is -2.60. The van der Waals surface area contributed by atoms with Gasteiger partial charge in [0.25, 0.3) is 0 Å². The molecule has 0 saturated carbocycles. The lowest BCUT2D eigenvalue weighted by Gasteiger charge is -2.41. The standard InChI is InChI=1S/C9H19NO6/c1-14-9-7(13)8(15-3-2-10)6(12)5(4-11)16-9/h5-9,11-13H,2-4,10H2,1H3/t5-,6+,7-,8+,9+/m1/s1. The molecule has 1 aliphatic heterocycles. The summed E-state index contributed by atoms with van der Waals surface area (Å²) in [6, 6.07) is 0. The average Bonchev–Trinajstić information content (AvgIpc) is 2.29. The summed E-state index contributed by atoms with van der Waals surface area (Å²) in [6.45, 7) is 0.0990. The van der Waals surface area contributed by atoms with Gasteiger partial charge in [0.05, 0.1) is 13.2 Å². The van der Waals surface area contributed by atoms with Crippen LogP contribution in [0.5, 0.6) is 0 Å². The summed E-state index contributed by atoms with van der Waals surface area (Å²) in [5, 5.41) is 28.6. The Hall–Kier alpha value is -0.280. The number of rotatable bonds is 5. The van der Waals surface area contributed by atoms with Crippen LogP contribution >= 0.6 is 0 Å². The number of ether oxygens (including phenoxy) is 3. The van der Waals surface area contributed by atoms with Gasteiger partial charge in [-0.15, -0.1) is 0 Å². The molecule has 5 atom stereocenters. The number of aliphatic hydroxyl groups is 3. The smallest absolute Gasteiger partial charge is 0.186 e. The Balaban J connectivity index is 2.67. The second-order valence-electron chi connectivity index (χ2n) is 3.57. The first-order chi connectivity index (χ1) is 7.65. The molecular formula is C9H19NO6. The zero-order chi connectivity index (χ0) is 12.1. The van der Waals surface area contributed by atoms with E-state index in [1.165, 1.54) is 7.11 Å². The van der Waals surface area contributed by atoms with Crippen LogP contribution in [0.25, 0.3) is 0 Å². The van der Waals surface area contributed by atoms with Crippen LogP contribution < -0.4 is 5.73 Å². The summed E-state index contributed by atoms with van der Waals surface area (Å²) in [7, 11) is 1.36. The normalized spacial score (nSPS) is 39.9. The zero-order valence-corrected chi connectivity index (χ0v) is 9.15. The van der Waals surface area contributed by atoms with Crippen molar-refractivity contribution in [3.05, 3.63) is 0 Å². The van der Waals surface area contributed by atoms with E-state index in [9.17, 15) is 10.2 Å². The van der Waals surface area contributed by atoms with Gasteiger partial charge in [-0.3, -0.25) is 0 Å². The maximum absolute atomic E-state index is 9.78. The van der Waals surface area contributed by atoms with Gasteiger partial charge < -0.3 is 35.3 Å². The molecule has 7 heteroatoms. The van der Waals surface area contributed by atoms with Crippen LogP contribution in [0.3, 0.4) is 0 Å². The van der Waals surface area contributed by atoms with Gasteiger partial charge in [0.2, 0.25) is 0 Å². The van der Waals surface area contributed by atoms with Crippen LogP contribution in [0.2, 0.25) is 0 Å². The fourth-order valence-electron chi connectivity index (χ4n) is 1.65. The highest BCUT2D eigenvalue weighted by molar-refractivity contribution is 4.90. The molecule has 0 unspecified atom stereocenters. The number of hydrogen-bond donors (Lipinski definition) is 4. The Bertz CT molecular complexity index is 188. The van der Waals surface area contributed by atoms with Crippen LogP contribution in [0, 0.1) is 0 Å². The van der Waals surface area contributed by atoms with Gasteiger partial charge in [-0.25, -0.2) is 0 Å². The number of aliphatic hydroxyl groups excluding tert-OH is 3. The zero-order valence-electron chi connectivity index (χ0n) is 9.15. The van der Waals surface area contributed by atoms with E-state index >= 15 is 0 Å². The molecule has 5 N–H and O–H groups in total. The molecule has 1 rings (SSSR count). The summed E-state index contributed by atoms with van der Waals surface area (Å²) in [6.07, 6.45) is -4.87. The predicted molar refractivity (Wildman–Crippen MR) is 53.6 cm³/mol. The van der Waals surface area contributed by atoms with Crippen molar-refractivity contribution in [2.24, 2.45) is 5.73 Å². The molecule has 96 valence electrons. The molecule has 0 spiro atoms. The molecule has 1 aliphatic rings. The Morgan fingerprint density at radius 1 is 1.31 bits per heavy atom. The highest BCUT2D eigenvalue weighted by atomic mass is 16.7. The van der Waals surface area contributed by atoms with Gasteiger partial charge in [0, 0.05) is 13.7 Å². The SMILES string of the molecule is CO[C@H]1O[C@H](CO)[C@H](O)[C@H](OCCN)[C@H]1O. The van der Waals surface area contributed by atoms with Crippen LogP contribution in [-0.2, 0) is 14.2 Å². The molecular weight excluding hydrogens is 218 g/mol. The van der Waals surface area contributed by atoms with E-state index in [0.29, 0.717) is 0 Å². The van der Waals surface area contributed by atoms with Gasteiger partial charge in [-0.2, -0.15) is 0 Å². The molecule has 1 heterocycles. The molecule has 7 nitrogen and oxygen atoms in total. The average molecular weight is 237 g/mol. The first kappa shape index (κ1) is 13.8. The minimum atomic E-state index is -1.12. The molecule has 0 bridgehead atoms. The van der Waals surface area contributed by atoms with E-state index in [1.54, 1.807) is 0 Å². The van der Waals surface area contributed by atoms with Crippen molar-refractivity contribution in [1.29, 1.82) is 0 Å². The van der Waals surface area contributed by atoms with Gasteiger partial charge in [-0.1, -0.05) is 0 Å². The number of hydrogen-bond acceptors (Lipinski definition) is 7. The fourth-order valence-corrected chi connectivity index (χ4v) is 1.65. The summed E-state index contributed by atoms with van der Waals surface area (Å²) < 4.78 is 15.2. The van der Waals surface area contributed by atoms with E-state index in [4.69, 9.17) is 25.1 Å². The van der Waals surface area contributed by atoms with Crippen molar-refractivity contribution < 1.29 is 29.5 Å². The van der Waals surface area contributed by atoms with E-state index in [2.05, 4.69) is 0 Å². The number of methoxy groups -OCH3 is 1. The van der Waals surface area contributed by atoms with Crippen LogP contribution in [0.15, 0.2) is 0 Å². The first-order valence-electron chi connectivity index (χ1n) is 5.12. The van der Waals surface area contributed by atoms with Crippen molar-refractivity contribution in [2.75, 3.05) is 26.9 Å². The van der Waals surface area contributed by atoms with Crippen LogP contribution in [0.1, 0.15) is 0 Å².